The molecule has 10 heteroatoms. The second-order valence-corrected chi connectivity index (χ2v) is 7.69. The van der Waals surface area contributed by atoms with Gasteiger partial charge in [0, 0.05) is 24.4 Å². The van der Waals surface area contributed by atoms with Crippen LogP contribution in [0.15, 0.2) is 41.4 Å². The lowest BCUT2D eigenvalue weighted by Crippen LogP contribution is -2.41. The molecule has 1 aliphatic rings. The molecule has 8 nitrogen and oxygen atoms in total. The molecule has 1 atom stereocenters. The first-order valence-electron chi connectivity index (χ1n) is 10.6. The molecule has 0 fully saturated rings. The molecule has 0 bridgehead atoms. The summed E-state index contributed by atoms with van der Waals surface area (Å²) in [5, 5.41) is 13.3. The first-order chi connectivity index (χ1) is 15.7. The largest absolute Gasteiger partial charge is 0.492 e. The van der Waals surface area contributed by atoms with Crippen LogP contribution < -0.4 is 5.32 Å². The summed E-state index contributed by atoms with van der Waals surface area (Å²) in [4.78, 5) is 37.7. The molecule has 0 aromatic heterocycles. The molecule has 1 aromatic rings. The Morgan fingerprint density at radius 2 is 2.03 bits per heavy atom. The van der Waals surface area contributed by atoms with Gasteiger partial charge in [-0.25, -0.2) is 13.6 Å². The van der Waals surface area contributed by atoms with Crippen LogP contribution in [0.4, 0.5) is 8.78 Å². The number of carbonyl (C=O) groups excluding carboxylic acids is 3. The van der Waals surface area contributed by atoms with Crippen LogP contribution >= 0.6 is 0 Å². The summed E-state index contributed by atoms with van der Waals surface area (Å²) in [6.07, 6.45) is 0.645. The molecule has 0 radical (unpaired) electrons. The van der Waals surface area contributed by atoms with E-state index in [2.05, 4.69) is 5.32 Å². The molecule has 1 heterocycles. The maximum absolute atomic E-state index is 13.9. The number of hydrogen-bond donors (Lipinski definition) is 2. The van der Waals surface area contributed by atoms with Gasteiger partial charge in [0.2, 0.25) is 0 Å². The van der Waals surface area contributed by atoms with Crippen LogP contribution in [-0.2, 0) is 30.4 Å². The first-order valence-corrected chi connectivity index (χ1v) is 10.6. The lowest BCUT2D eigenvalue weighted by molar-refractivity contribution is -0.141. The number of aliphatic hydroxyl groups is 1. The molecule has 33 heavy (non-hydrogen) atoms. The van der Waals surface area contributed by atoms with E-state index in [1.54, 1.807) is 6.92 Å². The molecular weight excluding hydrogens is 438 g/mol. The number of rotatable bonds is 11. The highest BCUT2D eigenvalue weighted by Crippen LogP contribution is 2.28. The third-order valence-corrected chi connectivity index (χ3v) is 4.77. The number of aliphatic hydroxyl groups excluding tert-OH is 1. The van der Waals surface area contributed by atoms with Crippen molar-refractivity contribution < 1.29 is 37.7 Å². The minimum Gasteiger partial charge on any atom is -0.492 e. The SMILES string of the molecule is CCOC(=O)C1=C(OCCC(C)C)C(O)C(C(=O)NCc2ccc(F)cc2F)=CN1CC=O. The normalized spacial score (nSPS) is 15.9. The average Bonchev–Trinajstić information content (AvgIpc) is 2.74. The maximum Gasteiger partial charge on any atom is 0.358 e. The number of benzene rings is 1. The third-order valence-electron chi connectivity index (χ3n) is 4.77. The predicted molar refractivity (Wildman–Crippen MR) is 114 cm³/mol. The minimum atomic E-state index is -1.63. The van der Waals surface area contributed by atoms with E-state index in [4.69, 9.17) is 9.47 Å². The van der Waals surface area contributed by atoms with E-state index >= 15 is 0 Å². The fourth-order valence-corrected chi connectivity index (χ4v) is 3.03. The maximum atomic E-state index is 13.9. The van der Waals surface area contributed by atoms with Crippen LogP contribution in [0.25, 0.3) is 0 Å². The molecule has 1 unspecified atom stereocenters. The molecule has 2 N–H and O–H groups in total. The van der Waals surface area contributed by atoms with Gasteiger partial charge in [0.25, 0.3) is 5.91 Å². The summed E-state index contributed by atoms with van der Waals surface area (Å²) in [5.74, 6) is -3.13. The van der Waals surface area contributed by atoms with Crippen molar-refractivity contribution in [1.82, 2.24) is 10.2 Å². The lowest BCUT2D eigenvalue weighted by Gasteiger charge is -2.31. The van der Waals surface area contributed by atoms with Crippen molar-refractivity contribution in [2.75, 3.05) is 19.8 Å². The Labute approximate surface area is 190 Å². The molecule has 0 saturated heterocycles. The first kappa shape index (κ1) is 26.0. The Morgan fingerprint density at radius 3 is 2.64 bits per heavy atom. The third kappa shape index (κ3) is 6.85. The number of halogens is 2. The van der Waals surface area contributed by atoms with E-state index in [0.717, 1.165) is 17.2 Å². The summed E-state index contributed by atoms with van der Waals surface area (Å²) < 4.78 is 37.7. The summed E-state index contributed by atoms with van der Waals surface area (Å²) in [6, 6.07) is 2.94. The van der Waals surface area contributed by atoms with Crippen LogP contribution in [0, 0.1) is 17.6 Å². The predicted octanol–water partition coefficient (Wildman–Crippen LogP) is 2.18. The molecule has 1 aromatic carbocycles. The quantitative estimate of drug-likeness (QED) is 0.380. The van der Waals surface area contributed by atoms with Crippen LogP contribution in [0.1, 0.15) is 32.8 Å². The topological polar surface area (TPSA) is 105 Å². The zero-order chi connectivity index (χ0) is 24.5. The van der Waals surface area contributed by atoms with Crippen molar-refractivity contribution >= 4 is 18.2 Å². The monoisotopic (exact) mass is 466 g/mol. The van der Waals surface area contributed by atoms with E-state index in [1.165, 1.54) is 6.07 Å². The van der Waals surface area contributed by atoms with Crippen LogP contribution in [0.5, 0.6) is 0 Å². The summed E-state index contributed by atoms with van der Waals surface area (Å²) in [7, 11) is 0. The zero-order valence-corrected chi connectivity index (χ0v) is 18.8. The van der Waals surface area contributed by atoms with Gasteiger partial charge in [-0.1, -0.05) is 19.9 Å². The van der Waals surface area contributed by atoms with E-state index in [9.17, 15) is 28.3 Å². The summed E-state index contributed by atoms with van der Waals surface area (Å²) >= 11 is 0. The molecule has 180 valence electrons. The van der Waals surface area contributed by atoms with Crippen LogP contribution in [0.2, 0.25) is 0 Å². The number of esters is 1. The molecule has 2 rings (SSSR count). The van der Waals surface area contributed by atoms with Gasteiger partial charge in [-0.15, -0.1) is 0 Å². The van der Waals surface area contributed by atoms with Crippen molar-refractivity contribution in [2.45, 2.75) is 39.8 Å². The van der Waals surface area contributed by atoms with E-state index in [0.29, 0.717) is 18.8 Å². The Hall–Kier alpha value is -3.27. The highest BCUT2D eigenvalue weighted by atomic mass is 19.1. The van der Waals surface area contributed by atoms with Gasteiger partial charge in [-0.05, 0) is 25.3 Å². The highest BCUT2D eigenvalue weighted by molar-refractivity contribution is 5.97. The van der Waals surface area contributed by atoms with E-state index < -0.39 is 29.6 Å². The van der Waals surface area contributed by atoms with Crippen molar-refractivity contribution in [3.05, 3.63) is 58.6 Å². The molecule has 1 amide bonds. The molecular formula is C23H28F2N2O6. The average molecular weight is 466 g/mol. The number of carbonyl (C=O) groups is 3. The molecule has 1 aliphatic heterocycles. The van der Waals surface area contributed by atoms with Crippen LogP contribution in [-0.4, -0.2) is 54.0 Å². The molecule has 0 aliphatic carbocycles. The fourth-order valence-electron chi connectivity index (χ4n) is 3.03. The molecule has 0 saturated carbocycles. The number of nitrogens with zero attached hydrogens (tertiary/aromatic N) is 1. The van der Waals surface area contributed by atoms with Gasteiger partial charge in [0.1, 0.15) is 24.0 Å². The fraction of sp³-hybridized carbons (Fsp3) is 0.435. The van der Waals surface area contributed by atoms with E-state index in [1.807, 2.05) is 13.8 Å². The second kappa shape index (κ2) is 12.1. The Morgan fingerprint density at radius 1 is 1.30 bits per heavy atom. The zero-order valence-electron chi connectivity index (χ0n) is 18.8. The smallest absolute Gasteiger partial charge is 0.358 e. The minimum absolute atomic E-state index is 0.0385. The van der Waals surface area contributed by atoms with Gasteiger partial charge in [-0.3, -0.25) is 4.79 Å². The lowest BCUT2D eigenvalue weighted by atomic mass is 10.0. The number of nitrogens with one attached hydrogen (secondary N) is 1. The number of ether oxygens (including phenoxy) is 2. The summed E-state index contributed by atoms with van der Waals surface area (Å²) in [5.41, 5.74) is -0.357. The summed E-state index contributed by atoms with van der Waals surface area (Å²) in [6.45, 7) is 5.15. The molecule has 0 spiro atoms. The second-order valence-electron chi connectivity index (χ2n) is 7.69. The van der Waals surface area contributed by atoms with Gasteiger partial charge in [0.15, 0.2) is 11.5 Å². The van der Waals surface area contributed by atoms with Gasteiger partial charge in [0.05, 0.1) is 25.3 Å². The van der Waals surface area contributed by atoms with Gasteiger partial charge < -0.3 is 29.6 Å². The van der Waals surface area contributed by atoms with Gasteiger partial charge in [-0.2, -0.15) is 0 Å². The van der Waals surface area contributed by atoms with Crippen molar-refractivity contribution in [2.24, 2.45) is 5.92 Å². The standard InChI is InChI=1S/C23H28F2N2O6/c1-4-32-23(31)19-21(33-10-7-14(2)3)20(29)17(13-27(19)8-9-28)22(30)26-12-15-5-6-16(24)11-18(15)25/h5-6,9,11,13-14,20,29H,4,7-8,10,12H2,1-3H3,(H,26,30). The number of aldehydes is 1. The van der Waals surface area contributed by atoms with Gasteiger partial charge >= 0.3 is 5.97 Å². The van der Waals surface area contributed by atoms with Crippen molar-refractivity contribution in [1.29, 1.82) is 0 Å². The Kier molecular flexibility index (Phi) is 9.53. The van der Waals surface area contributed by atoms with Crippen LogP contribution in [0.3, 0.4) is 0 Å². The van der Waals surface area contributed by atoms with Crippen molar-refractivity contribution in [3.8, 4) is 0 Å². The highest BCUT2D eigenvalue weighted by Gasteiger charge is 2.37. The Bertz CT molecular complexity index is 945. The number of amides is 1. The number of hydrogen-bond acceptors (Lipinski definition) is 7. The Balaban J connectivity index is 2.32. The van der Waals surface area contributed by atoms with E-state index in [-0.39, 0.29) is 54.8 Å². The van der Waals surface area contributed by atoms with Crippen molar-refractivity contribution in [3.63, 3.8) is 0 Å².